The third-order valence-electron chi connectivity index (χ3n) is 3.46. The first kappa shape index (κ1) is 22.4. The van der Waals surface area contributed by atoms with E-state index in [2.05, 4.69) is 0 Å². The summed E-state index contributed by atoms with van der Waals surface area (Å²) in [6.45, 7) is 4.00. The highest BCUT2D eigenvalue weighted by molar-refractivity contribution is 5.70. The van der Waals surface area contributed by atoms with Crippen LogP contribution in [0.2, 0.25) is 0 Å². The molecule has 0 aliphatic carbocycles. The highest BCUT2D eigenvalue weighted by atomic mass is 16.7. The van der Waals surface area contributed by atoms with Crippen molar-refractivity contribution in [3.63, 3.8) is 0 Å². The smallest absolute Gasteiger partial charge is 0.306 e. The van der Waals surface area contributed by atoms with Gasteiger partial charge in [0.05, 0.1) is 6.42 Å². The van der Waals surface area contributed by atoms with Crippen LogP contribution in [-0.4, -0.2) is 72.1 Å². The Bertz CT molecular complexity index is 599. The number of aliphatic carboxylic acids is 1. The number of ether oxygens (including phenoxy) is 5. The SMILES string of the molecule is CC(=O)OC[C@H]1OC(CC(=O)O)[C@H](OC(C)=O)[C@@H](OC(C)=O)[C@@H]1OC(C)=O. The lowest BCUT2D eigenvalue weighted by Crippen LogP contribution is -2.62. The molecule has 1 rings (SSSR count). The largest absolute Gasteiger partial charge is 0.481 e. The van der Waals surface area contributed by atoms with Crippen LogP contribution in [0.5, 0.6) is 0 Å². The van der Waals surface area contributed by atoms with Crippen LogP contribution in [0.25, 0.3) is 0 Å². The standard InChI is InChI=1S/C16H22O11/c1-7(17)23-6-12-15(25-9(3)19)16(26-10(4)20)14(24-8(2)18)11(27-12)5-13(21)22/h11-12,14-16H,5-6H2,1-4H3,(H,21,22)/t11?,12-,14+,15-,16-/m1/s1. The molecule has 5 atom stereocenters. The molecule has 0 bridgehead atoms. The van der Waals surface area contributed by atoms with Crippen molar-refractivity contribution < 1.29 is 52.8 Å². The Morgan fingerprint density at radius 1 is 0.741 bits per heavy atom. The van der Waals surface area contributed by atoms with Crippen molar-refractivity contribution in [3.05, 3.63) is 0 Å². The molecule has 0 spiro atoms. The number of carboxylic acid groups (broad SMARTS) is 1. The van der Waals surface area contributed by atoms with Crippen molar-refractivity contribution >= 4 is 29.8 Å². The second kappa shape index (κ2) is 9.86. The molecule has 11 nitrogen and oxygen atoms in total. The van der Waals surface area contributed by atoms with Gasteiger partial charge in [-0.3, -0.25) is 24.0 Å². The first-order valence-corrected chi connectivity index (χ1v) is 8.03. The Kier molecular flexibility index (Phi) is 8.16. The lowest BCUT2D eigenvalue weighted by Gasteiger charge is -2.44. The number of esters is 4. The van der Waals surface area contributed by atoms with Crippen molar-refractivity contribution in [1.82, 2.24) is 0 Å². The molecule has 0 radical (unpaired) electrons. The van der Waals surface area contributed by atoms with E-state index in [4.69, 9.17) is 28.8 Å². The molecular weight excluding hydrogens is 368 g/mol. The number of hydrogen-bond donors (Lipinski definition) is 1. The van der Waals surface area contributed by atoms with E-state index in [1.54, 1.807) is 0 Å². The van der Waals surface area contributed by atoms with Crippen molar-refractivity contribution in [2.24, 2.45) is 0 Å². The van der Waals surface area contributed by atoms with Crippen LogP contribution in [-0.2, 0) is 47.7 Å². The van der Waals surface area contributed by atoms with Gasteiger partial charge in [0.15, 0.2) is 18.3 Å². The molecule has 0 aromatic heterocycles. The van der Waals surface area contributed by atoms with Crippen LogP contribution in [0, 0.1) is 0 Å². The summed E-state index contributed by atoms with van der Waals surface area (Å²) < 4.78 is 25.9. The molecule has 27 heavy (non-hydrogen) atoms. The van der Waals surface area contributed by atoms with Crippen LogP contribution in [0.3, 0.4) is 0 Å². The molecule has 0 amide bonds. The molecule has 0 saturated carbocycles. The molecular formula is C16H22O11. The van der Waals surface area contributed by atoms with Crippen molar-refractivity contribution in [3.8, 4) is 0 Å². The minimum Gasteiger partial charge on any atom is -0.481 e. The van der Waals surface area contributed by atoms with E-state index < -0.39 is 73.4 Å². The summed E-state index contributed by atoms with van der Waals surface area (Å²) in [6.07, 6.45) is -6.96. The monoisotopic (exact) mass is 390 g/mol. The third kappa shape index (κ3) is 7.21. The fourth-order valence-electron chi connectivity index (χ4n) is 2.65. The summed E-state index contributed by atoms with van der Waals surface area (Å²) in [5, 5.41) is 9.10. The molecule has 0 aromatic rings. The molecule has 1 N–H and O–H groups in total. The van der Waals surface area contributed by atoms with Crippen LogP contribution < -0.4 is 0 Å². The van der Waals surface area contributed by atoms with Gasteiger partial charge in [0, 0.05) is 27.7 Å². The van der Waals surface area contributed by atoms with Gasteiger partial charge in [-0.25, -0.2) is 0 Å². The van der Waals surface area contributed by atoms with Gasteiger partial charge < -0.3 is 28.8 Å². The van der Waals surface area contributed by atoms with Gasteiger partial charge in [0.25, 0.3) is 0 Å². The maximum Gasteiger partial charge on any atom is 0.306 e. The highest BCUT2D eigenvalue weighted by Crippen LogP contribution is 2.30. The van der Waals surface area contributed by atoms with E-state index in [0.29, 0.717) is 0 Å². The van der Waals surface area contributed by atoms with Crippen molar-refractivity contribution in [2.45, 2.75) is 64.6 Å². The zero-order valence-electron chi connectivity index (χ0n) is 15.3. The third-order valence-corrected chi connectivity index (χ3v) is 3.46. The van der Waals surface area contributed by atoms with E-state index in [0.717, 1.165) is 27.7 Å². The number of carboxylic acids is 1. The summed E-state index contributed by atoms with van der Waals surface area (Å²) in [7, 11) is 0. The Labute approximate surface area is 154 Å². The molecule has 1 saturated heterocycles. The highest BCUT2D eigenvalue weighted by Gasteiger charge is 2.52. The molecule has 11 heteroatoms. The van der Waals surface area contributed by atoms with Crippen LogP contribution in [0.1, 0.15) is 34.1 Å². The van der Waals surface area contributed by atoms with Gasteiger partial charge in [0.1, 0.15) is 18.8 Å². The summed E-state index contributed by atoms with van der Waals surface area (Å²) in [4.78, 5) is 56.7. The normalized spacial score (nSPS) is 27.2. The molecule has 1 unspecified atom stereocenters. The molecule has 152 valence electrons. The second-order valence-electron chi connectivity index (χ2n) is 5.84. The van der Waals surface area contributed by atoms with E-state index in [9.17, 15) is 24.0 Å². The van der Waals surface area contributed by atoms with E-state index in [-0.39, 0.29) is 0 Å². The zero-order valence-corrected chi connectivity index (χ0v) is 15.3. The first-order chi connectivity index (χ1) is 12.5. The van der Waals surface area contributed by atoms with E-state index in [1.165, 1.54) is 0 Å². The maximum atomic E-state index is 11.5. The number of carbonyl (C=O) groups is 5. The number of hydrogen-bond acceptors (Lipinski definition) is 10. The first-order valence-electron chi connectivity index (χ1n) is 8.03. The summed E-state index contributed by atoms with van der Waals surface area (Å²) >= 11 is 0. The van der Waals surface area contributed by atoms with Crippen molar-refractivity contribution in [1.29, 1.82) is 0 Å². The van der Waals surface area contributed by atoms with Crippen LogP contribution >= 0.6 is 0 Å². The van der Waals surface area contributed by atoms with Crippen LogP contribution in [0.4, 0.5) is 0 Å². The maximum absolute atomic E-state index is 11.5. The number of rotatable bonds is 7. The van der Waals surface area contributed by atoms with Gasteiger partial charge >= 0.3 is 29.8 Å². The lowest BCUT2D eigenvalue weighted by atomic mass is 9.92. The van der Waals surface area contributed by atoms with Gasteiger partial charge in [-0.1, -0.05) is 0 Å². The number of carbonyl (C=O) groups excluding carboxylic acids is 4. The van der Waals surface area contributed by atoms with Crippen molar-refractivity contribution in [2.75, 3.05) is 6.61 Å². The zero-order chi connectivity index (χ0) is 20.7. The Morgan fingerprint density at radius 2 is 1.19 bits per heavy atom. The van der Waals surface area contributed by atoms with Gasteiger partial charge in [-0.2, -0.15) is 0 Å². The lowest BCUT2D eigenvalue weighted by molar-refractivity contribution is -0.253. The van der Waals surface area contributed by atoms with E-state index >= 15 is 0 Å². The quantitative estimate of drug-likeness (QED) is 0.446. The molecule has 1 heterocycles. The minimum absolute atomic E-state index is 0.395. The Hall–Kier alpha value is -2.69. The summed E-state index contributed by atoms with van der Waals surface area (Å²) in [5.74, 6) is -4.24. The predicted octanol–water partition coefficient (Wildman–Crippen LogP) is -0.413. The molecule has 1 aliphatic rings. The fourth-order valence-corrected chi connectivity index (χ4v) is 2.65. The van der Waals surface area contributed by atoms with Gasteiger partial charge in [0.2, 0.25) is 0 Å². The van der Waals surface area contributed by atoms with Gasteiger partial charge in [-0.15, -0.1) is 0 Å². The Balaban J connectivity index is 3.29. The van der Waals surface area contributed by atoms with Gasteiger partial charge in [-0.05, 0) is 0 Å². The minimum atomic E-state index is -1.35. The Morgan fingerprint density at radius 3 is 1.59 bits per heavy atom. The summed E-state index contributed by atoms with van der Waals surface area (Å²) in [5.41, 5.74) is 0. The summed E-state index contributed by atoms with van der Waals surface area (Å²) in [6, 6.07) is 0. The van der Waals surface area contributed by atoms with Crippen LogP contribution in [0.15, 0.2) is 0 Å². The predicted molar refractivity (Wildman–Crippen MR) is 84.2 cm³/mol. The molecule has 1 fully saturated rings. The average molecular weight is 390 g/mol. The molecule has 1 aliphatic heterocycles. The average Bonchev–Trinajstić information content (AvgIpc) is 2.49. The van der Waals surface area contributed by atoms with E-state index in [1.807, 2.05) is 0 Å². The molecule has 0 aromatic carbocycles. The second-order valence-corrected chi connectivity index (χ2v) is 5.84. The fraction of sp³-hybridized carbons (Fsp3) is 0.688. The topological polar surface area (TPSA) is 152 Å².